The molecule has 2 atom stereocenters. The molecule has 2 heteroatoms. The van der Waals surface area contributed by atoms with Crippen molar-refractivity contribution in [3.63, 3.8) is 0 Å². The molecule has 1 fully saturated rings. The first-order chi connectivity index (χ1) is 10.2. The van der Waals surface area contributed by atoms with Gasteiger partial charge in [0.2, 0.25) is 0 Å². The number of rotatable bonds is 1. The number of ketones is 1. The second-order valence-electron chi connectivity index (χ2n) is 8.43. The average Bonchev–Trinajstić information content (AvgIpc) is 2.43. The first-order valence-corrected chi connectivity index (χ1v) is 8.57. The summed E-state index contributed by atoms with van der Waals surface area (Å²) in [7, 11) is 0. The lowest BCUT2D eigenvalue weighted by Gasteiger charge is -2.53. The van der Waals surface area contributed by atoms with E-state index in [-0.39, 0.29) is 5.41 Å². The Morgan fingerprint density at radius 3 is 2.50 bits per heavy atom. The Hall–Kier alpha value is -1.31. The molecule has 0 aromatic heterocycles. The van der Waals surface area contributed by atoms with E-state index in [1.807, 2.05) is 6.07 Å². The van der Waals surface area contributed by atoms with E-state index < -0.39 is 5.41 Å². The smallest absolute Gasteiger partial charge is 0.143 e. The van der Waals surface area contributed by atoms with E-state index in [9.17, 15) is 9.90 Å². The molecule has 3 rings (SSSR count). The fourth-order valence-corrected chi connectivity index (χ4v) is 4.97. The summed E-state index contributed by atoms with van der Waals surface area (Å²) < 4.78 is 0. The van der Waals surface area contributed by atoms with Gasteiger partial charge >= 0.3 is 0 Å². The van der Waals surface area contributed by atoms with Crippen LogP contribution in [0.3, 0.4) is 0 Å². The molecule has 1 saturated carbocycles. The van der Waals surface area contributed by atoms with Crippen LogP contribution in [0.5, 0.6) is 5.75 Å². The lowest BCUT2D eigenvalue weighted by molar-refractivity contribution is -0.134. The predicted molar refractivity (Wildman–Crippen MR) is 89.4 cm³/mol. The van der Waals surface area contributed by atoms with Gasteiger partial charge in [-0.15, -0.1) is 0 Å². The van der Waals surface area contributed by atoms with Crippen LogP contribution < -0.4 is 0 Å². The zero-order valence-corrected chi connectivity index (χ0v) is 14.5. The molecule has 0 aliphatic heterocycles. The number of phenolic OH excluding ortho intramolecular Hbond substituents is 1. The molecular weight excluding hydrogens is 272 g/mol. The van der Waals surface area contributed by atoms with Gasteiger partial charge < -0.3 is 5.11 Å². The molecule has 0 radical (unpaired) electrons. The van der Waals surface area contributed by atoms with Gasteiger partial charge in [0, 0.05) is 6.42 Å². The highest BCUT2D eigenvalue weighted by molar-refractivity contribution is 5.92. The van der Waals surface area contributed by atoms with Gasteiger partial charge in [-0.1, -0.05) is 33.8 Å². The maximum Gasteiger partial charge on any atom is 0.143 e. The summed E-state index contributed by atoms with van der Waals surface area (Å²) >= 11 is 0. The third kappa shape index (κ3) is 2.03. The third-order valence-electron chi connectivity index (χ3n) is 6.35. The van der Waals surface area contributed by atoms with Crippen LogP contribution in [-0.4, -0.2) is 10.9 Å². The van der Waals surface area contributed by atoms with Crippen molar-refractivity contribution in [2.24, 2.45) is 11.3 Å². The lowest BCUT2D eigenvalue weighted by Crippen LogP contribution is -2.53. The number of carbonyl (C=O) groups excluding carboxylic acids is 1. The van der Waals surface area contributed by atoms with Crippen molar-refractivity contribution in [1.82, 2.24) is 0 Å². The van der Waals surface area contributed by atoms with Crippen molar-refractivity contribution in [2.75, 3.05) is 0 Å². The summed E-state index contributed by atoms with van der Waals surface area (Å²) in [5.41, 5.74) is 3.12. The van der Waals surface area contributed by atoms with Crippen LogP contribution in [0.1, 0.15) is 76.5 Å². The summed E-state index contributed by atoms with van der Waals surface area (Å²) in [6.45, 7) is 10.9. The zero-order chi connectivity index (χ0) is 16.3. The Morgan fingerprint density at radius 1 is 1.18 bits per heavy atom. The summed E-state index contributed by atoms with van der Waals surface area (Å²) in [5, 5.41) is 10.4. The summed E-state index contributed by atoms with van der Waals surface area (Å²) in [6, 6.07) is 4.04. The lowest BCUT2D eigenvalue weighted by atomic mass is 9.50. The number of aromatic hydroxyl groups is 1. The molecule has 2 aliphatic rings. The fourth-order valence-electron chi connectivity index (χ4n) is 4.97. The molecular formula is C20H28O2. The standard InChI is InChI=1S/C20H28O2/c1-12(2)14-10-13-6-7-17-19(3,4)9-8-18(22)20(17,5)15(13)11-16(14)21/h10-12,17,21H,6-9H2,1-5H3/t17?,20-/m1/s1. The monoisotopic (exact) mass is 300 g/mol. The Balaban J connectivity index is 2.19. The number of benzene rings is 1. The van der Waals surface area contributed by atoms with E-state index in [1.165, 1.54) is 5.56 Å². The molecule has 1 N–H and O–H groups in total. The predicted octanol–water partition coefficient (Wildman–Crippen LogP) is 4.72. The average molecular weight is 300 g/mol. The van der Waals surface area contributed by atoms with Gasteiger partial charge in [0.05, 0.1) is 5.41 Å². The largest absolute Gasteiger partial charge is 0.508 e. The van der Waals surface area contributed by atoms with Gasteiger partial charge in [0.25, 0.3) is 0 Å². The Labute approximate surface area is 133 Å². The van der Waals surface area contributed by atoms with E-state index in [1.54, 1.807) is 0 Å². The van der Waals surface area contributed by atoms with Crippen LogP contribution in [0, 0.1) is 11.3 Å². The van der Waals surface area contributed by atoms with E-state index in [4.69, 9.17) is 0 Å². The van der Waals surface area contributed by atoms with Crippen molar-refractivity contribution in [3.05, 3.63) is 28.8 Å². The number of carbonyl (C=O) groups is 1. The van der Waals surface area contributed by atoms with Crippen LogP contribution in [0.2, 0.25) is 0 Å². The molecule has 0 bridgehead atoms. The van der Waals surface area contributed by atoms with Crippen molar-refractivity contribution in [2.45, 2.75) is 71.6 Å². The van der Waals surface area contributed by atoms with Gasteiger partial charge in [0.15, 0.2) is 0 Å². The summed E-state index contributed by atoms with van der Waals surface area (Å²) in [5.74, 6) is 1.38. The third-order valence-corrected chi connectivity index (χ3v) is 6.35. The molecule has 22 heavy (non-hydrogen) atoms. The van der Waals surface area contributed by atoms with Crippen molar-refractivity contribution in [1.29, 1.82) is 0 Å². The first kappa shape index (κ1) is 15.6. The van der Waals surface area contributed by atoms with E-state index in [2.05, 4.69) is 40.7 Å². The molecule has 2 nitrogen and oxygen atoms in total. The SMILES string of the molecule is CC(C)c1cc2c(cc1O)[C@@]1(C)C(=O)CCC(C)(C)C1CC2. The Kier molecular flexibility index (Phi) is 3.43. The topological polar surface area (TPSA) is 37.3 Å². The van der Waals surface area contributed by atoms with E-state index >= 15 is 0 Å². The van der Waals surface area contributed by atoms with Crippen LogP contribution in [-0.2, 0) is 16.6 Å². The number of fused-ring (bicyclic) bond motifs is 3. The number of Topliss-reactive ketones (excluding diaryl/α,β-unsaturated/α-hetero) is 1. The number of hydrogen-bond donors (Lipinski definition) is 1. The number of phenols is 1. The molecule has 2 aliphatic carbocycles. The molecule has 0 heterocycles. The van der Waals surface area contributed by atoms with Gasteiger partial charge in [-0.25, -0.2) is 0 Å². The molecule has 1 unspecified atom stereocenters. The van der Waals surface area contributed by atoms with Gasteiger partial charge in [-0.2, -0.15) is 0 Å². The molecule has 0 amide bonds. The quantitative estimate of drug-likeness (QED) is 0.814. The van der Waals surface area contributed by atoms with Crippen LogP contribution in [0.4, 0.5) is 0 Å². The van der Waals surface area contributed by atoms with Crippen LogP contribution >= 0.6 is 0 Å². The van der Waals surface area contributed by atoms with Crippen LogP contribution in [0.25, 0.3) is 0 Å². The molecule has 1 aromatic rings. The van der Waals surface area contributed by atoms with Crippen molar-refractivity contribution < 1.29 is 9.90 Å². The second kappa shape index (κ2) is 4.84. The maximum absolute atomic E-state index is 12.8. The molecule has 120 valence electrons. The summed E-state index contributed by atoms with van der Waals surface area (Å²) in [4.78, 5) is 12.8. The fraction of sp³-hybridized carbons (Fsp3) is 0.650. The highest BCUT2D eigenvalue weighted by Crippen LogP contribution is 2.56. The van der Waals surface area contributed by atoms with E-state index in [0.29, 0.717) is 29.8 Å². The van der Waals surface area contributed by atoms with Crippen molar-refractivity contribution >= 4 is 5.78 Å². The van der Waals surface area contributed by atoms with Gasteiger partial charge in [-0.05, 0) is 66.2 Å². The van der Waals surface area contributed by atoms with Gasteiger partial charge in [-0.3, -0.25) is 4.79 Å². The minimum atomic E-state index is -0.428. The Bertz CT molecular complexity index is 627. The Morgan fingerprint density at radius 2 is 1.86 bits per heavy atom. The minimum absolute atomic E-state index is 0.187. The summed E-state index contributed by atoms with van der Waals surface area (Å²) in [6.07, 6.45) is 3.74. The number of hydrogen-bond acceptors (Lipinski definition) is 2. The molecule has 1 aromatic carbocycles. The van der Waals surface area contributed by atoms with Crippen molar-refractivity contribution in [3.8, 4) is 5.75 Å². The zero-order valence-electron chi connectivity index (χ0n) is 14.5. The number of aryl methyl sites for hydroxylation is 1. The normalized spacial score (nSPS) is 30.1. The van der Waals surface area contributed by atoms with E-state index in [0.717, 1.165) is 30.4 Å². The highest BCUT2D eigenvalue weighted by Gasteiger charge is 2.54. The highest BCUT2D eigenvalue weighted by atomic mass is 16.3. The molecule has 0 saturated heterocycles. The van der Waals surface area contributed by atoms with Gasteiger partial charge in [0.1, 0.15) is 11.5 Å². The molecule has 0 spiro atoms. The maximum atomic E-state index is 12.8. The second-order valence-corrected chi connectivity index (χ2v) is 8.43. The first-order valence-electron chi connectivity index (χ1n) is 8.57. The van der Waals surface area contributed by atoms with Crippen LogP contribution in [0.15, 0.2) is 12.1 Å². The minimum Gasteiger partial charge on any atom is -0.508 e.